The van der Waals surface area contributed by atoms with E-state index < -0.39 is 0 Å². The molecule has 0 spiro atoms. The second kappa shape index (κ2) is 5.87. The number of benzene rings is 1. The molecule has 0 aromatic heterocycles. The van der Waals surface area contributed by atoms with Gasteiger partial charge in [-0.15, -0.1) is 0 Å². The number of anilines is 1. The average Bonchev–Trinajstić information content (AvgIpc) is 2.32. The van der Waals surface area contributed by atoms with Crippen LogP contribution in [0.3, 0.4) is 0 Å². The van der Waals surface area contributed by atoms with Crippen LogP contribution in [-0.2, 0) is 11.2 Å². The number of hydrogen-bond acceptors (Lipinski definition) is 3. The summed E-state index contributed by atoms with van der Waals surface area (Å²) < 4.78 is 0. The first-order valence-electron chi connectivity index (χ1n) is 6.45. The minimum absolute atomic E-state index is 0.0296. The third kappa shape index (κ3) is 3.74. The van der Waals surface area contributed by atoms with Crippen LogP contribution in [0.25, 0.3) is 0 Å². The van der Waals surface area contributed by atoms with Crippen LogP contribution in [0.2, 0.25) is 0 Å². The van der Waals surface area contributed by atoms with Gasteiger partial charge in [0.25, 0.3) is 0 Å². The first kappa shape index (κ1) is 12.9. The Balaban J connectivity index is 1.82. The summed E-state index contributed by atoms with van der Waals surface area (Å²) in [6.07, 6.45) is 3.47. The molecule has 4 N–H and O–H groups in total. The van der Waals surface area contributed by atoms with E-state index in [-0.39, 0.29) is 18.1 Å². The molecule has 1 fully saturated rings. The predicted molar refractivity (Wildman–Crippen MR) is 71.0 cm³/mol. The molecule has 1 amide bonds. The molecule has 1 aliphatic rings. The number of amides is 1. The van der Waals surface area contributed by atoms with Crippen LogP contribution in [0.5, 0.6) is 0 Å². The van der Waals surface area contributed by atoms with Crippen molar-refractivity contribution < 1.29 is 9.90 Å². The van der Waals surface area contributed by atoms with E-state index in [0.717, 1.165) is 31.2 Å². The Morgan fingerprint density at radius 2 is 2.06 bits per heavy atom. The van der Waals surface area contributed by atoms with Crippen molar-refractivity contribution in [3.8, 4) is 0 Å². The second-order valence-electron chi connectivity index (χ2n) is 4.99. The van der Waals surface area contributed by atoms with Gasteiger partial charge in [-0.3, -0.25) is 4.79 Å². The SMILES string of the molecule is Nc1cccc(CC(=O)NC2CCC(O)CC2)c1. The highest BCUT2D eigenvalue weighted by atomic mass is 16.3. The number of carbonyl (C=O) groups is 1. The van der Waals surface area contributed by atoms with Crippen molar-refractivity contribution in [3.05, 3.63) is 29.8 Å². The molecule has 2 rings (SSSR count). The summed E-state index contributed by atoms with van der Waals surface area (Å²) in [4.78, 5) is 11.9. The Labute approximate surface area is 107 Å². The molecule has 4 nitrogen and oxygen atoms in total. The molecule has 18 heavy (non-hydrogen) atoms. The minimum Gasteiger partial charge on any atom is -0.399 e. The van der Waals surface area contributed by atoms with Crippen LogP contribution < -0.4 is 11.1 Å². The largest absolute Gasteiger partial charge is 0.399 e. The van der Waals surface area contributed by atoms with Gasteiger partial charge in [0.05, 0.1) is 12.5 Å². The zero-order valence-corrected chi connectivity index (χ0v) is 10.4. The summed E-state index contributed by atoms with van der Waals surface area (Å²) in [5.41, 5.74) is 7.29. The van der Waals surface area contributed by atoms with Crippen LogP contribution in [0.4, 0.5) is 5.69 Å². The number of nitrogens with two attached hydrogens (primary N) is 1. The van der Waals surface area contributed by atoms with Gasteiger partial charge in [0.2, 0.25) is 5.91 Å². The molecule has 4 heteroatoms. The van der Waals surface area contributed by atoms with E-state index in [4.69, 9.17) is 5.73 Å². The highest BCUT2D eigenvalue weighted by molar-refractivity contribution is 5.79. The maximum Gasteiger partial charge on any atom is 0.224 e. The second-order valence-corrected chi connectivity index (χ2v) is 4.99. The zero-order valence-electron chi connectivity index (χ0n) is 10.4. The molecule has 0 saturated heterocycles. The number of hydrogen-bond donors (Lipinski definition) is 3. The molecule has 0 unspecified atom stereocenters. The van der Waals surface area contributed by atoms with Crippen LogP contribution >= 0.6 is 0 Å². The first-order valence-corrected chi connectivity index (χ1v) is 6.45. The van der Waals surface area contributed by atoms with Gasteiger partial charge >= 0.3 is 0 Å². The van der Waals surface area contributed by atoms with Crippen LogP contribution in [-0.4, -0.2) is 23.2 Å². The third-order valence-corrected chi connectivity index (χ3v) is 3.38. The molecule has 1 aliphatic carbocycles. The monoisotopic (exact) mass is 248 g/mol. The fourth-order valence-electron chi connectivity index (χ4n) is 2.39. The highest BCUT2D eigenvalue weighted by Gasteiger charge is 2.20. The molecular weight excluding hydrogens is 228 g/mol. The zero-order chi connectivity index (χ0) is 13.0. The van der Waals surface area contributed by atoms with Crippen molar-refractivity contribution in [2.24, 2.45) is 0 Å². The smallest absolute Gasteiger partial charge is 0.224 e. The van der Waals surface area contributed by atoms with E-state index >= 15 is 0 Å². The molecule has 0 bridgehead atoms. The van der Waals surface area contributed by atoms with Crippen molar-refractivity contribution in [1.29, 1.82) is 0 Å². The lowest BCUT2D eigenvalue weighted by molar-refractivity contribution is -0.121. The molecule has 0 radical (unpaired) electrons. The van der Waals surface area contributed by atoms with Crippen molar-refractivity contribution in [1.82, 2.24) is 5.32 Å². The molecule has 1 aromatic carbocycles. The fourth-order valence-corrected chi connectivity index (χ4v) is 2.39. The Hall–Kier alpha value is -1.55. The normalized spacial score (nSPS) is 23.6. The predicted octanol–water partition coefficient (Wildman–Crippen LogP) is 1.23. The lowest BCUT2D eigenvalue weighted by Gasteiger charge is -2.26. The molecule has 98 valence electrons. The van der Waals surface area contributed by atoms with Gasteiger partial charge in [-0.1, -0.05) is 12.1 Å². The molecule has 1 aromatic rings. The van der Waals surface area contributed by atoms with E-state index in [0.29, 0.717) is 12.1 Å². The third-order valence-electron chi connectivity index (χ3n) is 3.38. The lowest BCUT2D eigenvalue weighted by atomic mass is 9.93. The van der Waals surface area contributed by atoms with Crippen LogP contribution in [0.1, 0.15) is 31.2 Å². The molecule has 0 atom stereocenters. The van der Waals surface area contributed by atoms with Gasteiger partial charge in [0, 0.05) is 11.7 Å². The summed E-state index contributed by atoms with van der Waals surface area (Å²) in [5, 5.41) is 12.4. The average molecular weight is 248 g/mol. The number of nitrogen functional groups attached to an aromatic ring is 1. The molecular formula is C14H20N2O2. The Morgan fingerprint density at radius 1 is 1.33 bits per heavy atom. The van der Waals surface area contributed by atoms with Gasteiger partial charge in [-0.2, -0.15) is 0 Å². The quantitative estimate of drug-likeness (QED) is 0.704. The van der Waals surface area contributed by atoms with Gasteiger partial charge in [0.1, 0.15) is 0 Å². The van der Waals surface area contributed by atoms with Crippen LogP contribution in [0, 0.1) is 0 Å². The van der Waals surface area contributed by atoms with Crippen molar-refractivity contribution >= 4 is 11.6 Å². The number of nitrogens with one attached hydrogen (secondary N) is 1. The standard InChI is InChI=1S/C14H20N2O2/c15-11-3-1-2-10(8-11)9-14(18)16-12-4-6-13(17)7-5-12/h1-3,8,12-13,17H,4-7,9,15H2,(H,16,18). The van der Waals surface area contributed by atoms with Gasteiger partial charge in [0.15, 0.2) is 0 Å². The van der Waals surface area contributed by atoms with E-state index in [1.54, 1.807) is 0 Å². The maximum atomic E-state index is 11.9. The van der Waals surface area contributed by atoms with Gasteiger partial charge in [-0.05, 0) is 43.4 Å². The topological polar surface area (TPSA) is 75.4 Å². The molecule has 1 saturated carbocycles. The number of aliphatic hydroxyl groups is 1. The van der Waals surface area contributed by atoms with Crippen molar-refractivity contribution in [3.63, 3.8) is 0 Å². The Kier molecular flexibility index (Phi) is 4.20. The summed E-state index contributed by atoms with van der Waals surface area (Å²) in [6, 6.07) is 7.60. The lowest BCUT2D eigenvalue weighted by Crippen LogP contribution is -2.39. The van der Waals surface area contributed by atoms with Crippen molar-refractivity contribution in [2.75, 3.05) is 5.73 Å². The summed E-state index contributed by atoms with van der Waals surface area (Å²) in [6.45, 7) is 0. The Bertz CT molecular complexity index is 412. The van der Waals surface area contributed by atoms with E-state index in [1.165, 1.54) is 0 Å². The van der Waals surface area contributed by atoms with Gasteiger partial charge < -0.3 is 16.2 Å². The number of aliphatic hydroxyl groups excluding tert-OH is 1. The first-order chi connectivity index (χ1) is 8.63. The van der Waals surface area contributed by atoms with Gasteiger partial charge in [-0.25, -0.2) is 0 Å². The maximum absolute atomic E-state index is 11.9. The van der Waals surface area contributed by atoms with E-state index in [1.807, 2.05) is 24.3 Å². The molecule has 0 aliphatic heterocycles. The summed E-state index contributed by atoms with van der Waals surface area (Å²) in [7, 11) is 0. The number of carbonyl (C=O) groups excluding carboxylic acids is 1. The summed E-state index contributed by atoms with van der Waals surface area (Å²) >= 11 is 0. The summed E-state index contributed by atoms with van der Waals surface area (Å²) in [5.74, 6) is 0.0296. The fraction of sp³-hybridized carbons (Fsp3) is 0.500. The minimum atomic E-state index is -0.188. The van der Waals surface area contributed by atoms with Crippen LogP contribution in [0.15, 0.2) is 24.3 Å². The Morgan fingerprint density at radius 3 is 2.72 bits per heavy atom. The molecule has 0 heterocycles. The number of rotatable bonds is 3. The van der Waals surface area contributed by atoms with Crippen molar-refractivity contribution in [2.45, 2.75) is 44.2 Å². The van der Waals surface area contributed by atoms with E-state index in [9.17, 15) is 9.90 Å². The van der Waals surface area contributed by atoms with E-state index in [2.05, 4.69) is 5.32 Å². The highest BCUT2D eigenvalue weighted by Crippen LogP contribution is 2.18.